The number of aromatic nitrogens is 2. The molecule has 0 saturated heterocycles. The quantitative estimate of drug-likeness (QED) is 0.681. The van der Waals surface area contributed by atoms with Crippen LogP contribution in [0.25, 0.3) is 0 Å². The topological polar surface area (TPSA) is 37.8 Å². The summed E-state index contributed by atoms with van der Waals surface area (Å²) >= 11 is 1.41. The summed E-state index contributed by atoms with van der Waals surface area (Å²) in [5.41, 5.74) is 0. The molecule has 1 aromatic heterocycles. The van der Waals surface area contributed by atoms with Crippen LogP contribution in [-0.4, -0.2) is 15.4 Å². The van der Waals surface area contributed by atoms with Gasteiger partial charge in [0.05, 0.1) is 0 Å². The number of hydrogen-bond acceptors (Lipinski definition) is 4. The maximum Gasteiger partial charge on any atom is 0.202 e. The minimum absolute atomic E-state index is 0.544. The van der Waals surface area contributed by atoms with Crippen LogP contribution in [0.15, 0.2) is 18.5 Å². The summed E-state index contributed by atoms with van der Waals surface area (Å²) in [5, 5.41) is 4.23. The minimum atomic E-state index is 0.544. The number of rotatable bonds is 2. The first-order chi connectivity index (χ1) is 5.45. The molecular formula is C7H9N3S. The molecule has 0 saturated carbocycles. The van der Waals surface area contributed by atoms with Gasteiger partial charge in [0.1, 0.15) is 6.33 Å². The molecule has 0 radical (unpaired) electrons. The van der Waals surface area contributed by atoms with E-state index in [1.54, 1.807) is 6.33 Å². The van der Waals surface area contributed by atoms with Crippen LogP contribution in [0.2, 0.25) is 0 Å². The first-order valence-electron chi connectivity index (χ1n) is 3.63. The van der Waals surface area contributed by atoms with Gasteiger partial charge in [-0.05, 0) is 12.8 Å². The normalized spacial score (nSPS) is 17.5. The second kappa shape index (κ2) is 3.00. The van der Waals surface area contributed by atoms with Crippen LogP contribution in [-0.2, 0) is 0 Å². The second-order valence-electron chi connectivity index (χ2n) is 2.53. The molecule has 0 aromatic carbocycles. The van der Waals surface area contributed by atoms with Crippen LogP contribution in [0.5, 0.6) is 0 Å². The van der Waals surface area contributed by atoms with Crippen molar-refractivity contribution in [2.75, 3.05) is 5.32 Å². The van der Waals surface area contributed by atoms with E-state index in [2.05, 4.69) is 26.8 Å². The number of nitrogens with one attached hydrogen (secondary N) is 1. The lowest BCUT2D eigenvalue weighted by atomic mass is 10.2. The van der Waals surface area contributed by atoms with E-state index in [1.807, 2.05) is 0 Å². The fraction of sp³-hybridized carbons (Fsp3) is 0.429. The Kier molecular flexibility index (Phi) is 1.85. The molecule has 0 amide bonds. The summed E-state index contributed by atoms with van der Waals surface area (Å²) in [6.07, 6.45) is 8.19. The van der Waals surface area contributed by atoms with E-state index in [4.69, 9.17) is 0 Å². The van der Waals surface area contributed by atoms with Crippen molar-refractivity contribution in [3.8, 4) is 0 Å². The standard InChI is InChI=1S/C7H9N3S/c1-2-4-6(3-1)10-7-8-5-9-11-7/h1-2,5-6H,3-4H2,(H,8,9,10). The average molecular weight is 167 g/mol. The van der Waals surface area contributed by atoms with Crippen LogP contribution in [0.1, 0.15) is 12.8 Å². The van der Waals surface area contributed by atoms with Gasteiger partial charge in [0, 0.05) is 17.6 Å². The summed E-state index contributed by atoms with van der Waals surface area (Å²) in [5.74, 6) is 0. The summed E-state index contributed by atoms with van der Waals surface area (Å²) < 4.78 is 3.91. The van der Waals surface area contributed by atoms with Crippen molar-refractivity contribution in [3.63, 3.8) is 0 Å². The largest absolute Gasteiger partial charge is 0.357 e. The minimum Gasteiger partial charge on any atom is -0.357 e. The lowest BCUT2D eigenvalue weighted by Crippen LogP contribution is -2.14. The summed E-state index contributed by atoms with van der Waals surface area (Å²) in [7, 11) is 0. The molecule has 3 nitrogen and oxygen atoms in total. The highest BCUT2D eigenvalue weighted by atomic mass is 32.1. The number of anilines is 1. The molecule has 0 atom stereocenters. The summed E-state index contributed by atoms with van der Waals surface area (Å²) in [6.45, 7) is 0. The van der Waals surface area contributed by atoms with Gasteiger partial charge in [-0.3, -0.25) is 0 Å². The zero-order valence-electron chi connectivity index (χ0n) is 6.03. The van der Waals surface area contributed by atoms with E-state index < -0.39 is 0 Å². The molecule has 0 aliphatic heterocycles. The predicted octanol–water partition coefficient (Wildman–Crippen LogP) is 1.67. The molecule has 0 fully saturated rings. The van der Waals surface area contributed by atoms with E-state index >= 15 is 0 Å². The molecule has 1 heterocycles. The fourth-order valence-corrected chi connectivity index (χ4v) is 1.65. The van der Waals surface area contributed by atoms with Gasteiger partial charge < -0.3 is 5.32 Å². The Bertz CT molecular complexity index is 234. The molecule has 4 heteroatoms. The molecule has 1 aliphatic rings. The molecule has 0 bridgehead atoms. The van der Waals surface area contributed by atoms with E-state index in [1.165, 1.54) is 11.5 Å². The van der Waals surface area contributed by atoms with Crippen molar-refractivity contribution >= 4 is 16.7 Å². The van der Waals surface area contributed by atoms with E-state index in [0.717, 1.165) is 18.0 Å². The van der Waals surface area contributed by atoms with E-state index in [-0.39, 0.29) is 0 Å². The van der Waals surface area contributed by atoms with Crippen molar-refractivity contribution in [1.82, 2.24) is 9.36 Å². The van der Waals surface area contributed by atoms with Gasteiger partial charge >= 0.3 is 0 Å². The van der Waals surface area contributed by atoms with Crippen molar-refractivity contribution in [3.05, 3.63) is 18.5 Å². The van der Waals surface area contributed by atoms with Crippen LogP contribution < -0.4 is 5.32 Å². The maximum absolute atomic E-state index is 4.05. The molecule has 1 N–H and O–H groups in total. The molecule has 2 rings (SSSR count). The Balaban J connectivity index is 1.91. The summed E-state index contributed by atoms with van der Waals surface area (Å²) in [4.78, 5) is 4.05. The Hall–Kier alpha value is -0.900. The molecule has 11 heavy (non-hydrogen) atoms. The lowest BCUT2D eigenvalue weighted by molar-refractivity contribution is 0.785. The summed E-state index contributed by atoms with van der Waals surface area (Å²) in [6, 6.07) is 0.544. The first kappa shape index (κ1) is 6.79. The number of hydrogen-bond donors (Lipinski definition) is 1. The van der Waals surface area contributed by atoms with Crippen molar-refractivity contribution in [2.45, 2.75) is 18.9 Å². The van der Waals surface area contributed by atoms with Gasteiger partial charge in [-0.25, -0.2) is 4.98 Å². The third-order valence-corrected chi connectivity index (χ3v) is 2.29. The smallest absolute Gasteiger partial charge is 0.202 e. The Morgan fingerprint density at radius 1 is 1.45 bits per heavy atom. The van der Waals surface area contributed by atoms with Gasteiger partial charge in [-0.2, -0.15) is 4.37 Å². The highest BCUT2D eigenvalue weighted by Crippen LogP contribution is 2.16. The van der Waals surface area contributed by atoms with Crippen molar-refractivity contribution in [2.24, 2.45) is 0 Å². The van der Waals surface area contributed by atoms with Crippen molar-refractivity contribution < 1.29 is 0 Å². The SMILES string of the molecule is C1=CCC(Nc2ncns2)C1. The second-order valence-corrected chi connectivity index (χ2v) is 3.31. The number of nitrogens with zero attached hydrogens (tertiary/aromatic N) is 2. The Morgan fingerprint density at radius 3 is 2.91 bits per heavy atom. The monoisotopic (exact) mass is 167 g/mol. The molecular weight excluding hydrogens is 158 g/mol. The molecule has 0 spiro atoms. The molecule has 1 aliphatic carbocycles. The highest BCUT2D eigenvalue weighted by molar-refractivity contribution is 7.09. The third kappa shape index (κ3) is 1.57. The highest BCUT2D eigenvalue weighted by Gasteiger charge is 2.10. The van der Waals surface area contributed by atoms with E-state index in [9.17, 15) is 0 Å². The zero-order valence-corrected chi connectivity index (χ0v) is 6.84. The van der Waals surface area contributed by atoms with Crippen LogP contribution >= 0.6 is 11.5 Å². The molecule has 58 valence electrons. The first-order valence-corrected chi connectivity index (χ1v) is 4.41. The average Bonchev–Trinajstić information content (AvgIpc) is 2.60. The predicted molar refractivity (Wildman–Crippen MR) is 45.7 cm³/mol. The van der Waals surface area contributed by atoms with Gasteiger partial charge in [-0.1, -0.05) is 12.2 Å². The zero-order chi connectivity index (χ0) is 7.52. The van der Waals surface area contributed by atoms with Crippen LogP contribution in [0.4, 0.5) is 5.13 Å². The van der Waals surface area contributed by atoms with Gasteiger partial charge in [0.15, 0.2) is 0 Å². The third-order valence-electron chi connectivity index (χ3n) is 1.70. The molecule has 0 unspecified atom stereocenters. The lowest BCUT2D eigenvalue weighted by Gasteiger charge is -2.08. The van der Waals surface area contributed by atoms with Crippen molar-refractivity contribution in [1.29, 1.82) is 0 Å². The fourth-order valence-electron chi connectivity index (χ4n) is 1.15. The molecule has 1 aromatic rings. The van der Waals surface area contributed by atoms with Gasteiger partial charge in [0.2, 0.25) is 5.13 Å². The Labute approximate surface area is 69.3 Å². The van der Waals surface area contributed by atoms with E-state index in [0.29, 0.717) is 6.04 Å². The van der Waals surface area contributed by atoms with Gasteiger partial charge in [-0.15, -0.1) is 0 Å². The van der Waals surface area contributed by atoms with Gasteiger partial charge in [0.25, 0.3) is 0 Å². The van der Waals surface area contributed by atoms with Crippen LogP contribution in [0.3, 0.4) is 0 Å². The van der Waals surface area contributed by atoms with Crippen LogP contribution in [0, 0.1) is 0 Å². The Morgan fingerprint density at radius 2 is 2.27 bits per heavy atom. The maximum atomic E-state index is 4.05.